The zero-order valence-corrected chi connectivity index (χ0v) is 81.9. The second-order valence-corrected chi connectivity index (χ2v) is 36.0. The van der Waals surface area contributed by atoms with E-state index < -0.39 is 91.5 Å². The third-order valence-electron chi connectivity index (χ3n) is 21.0. The number of phosphoric ester groups is 2. The van der Waals surface area contributed by atoms with Crippen molar-refractivity contribution < 1.29 is 75.8 Å². The normalized spacial score (nSPS) is 14.5. The lowest BCUT2D eigenvalue weighted by atomic mass is 10.0. The van der Waals surface area contributed by atoms with Crippen LogP contribution in [-0.4, -0.2) is 95.9 Å². The summed E-state index contributed by atoms with van der Waals surface area (Å²) in [6.07, 6.45) is 134. The fraction of sp³-hybridized carbons (Fsp3) is 0.661. The van der Waals surface area contributed by atoms with Crippen LogP contribution in [-0.2, 0) is 55.8 Å². The standard InChI is InChI=1S/C109H182O16P2/c1-4-7-10-13-16-19-22-25-28-31-34-37-40-43-46-49-50-51-52-55-57-59-62-65-68-71-74-77-80-83-86-89-92-95-107(112)119-98-104(110)99-121-126(115,116)122-100-105(111)101-123-127(117,118)124-103-106(125-109(114)97-94-91-88-85-82-79-76-73-70-67-64-61-58-54-48-45-42-39-36-33-30-27-24-21-18-15-12-9-6-3)102-120-108(113)96-93-90-87-84-81-78-75-72-69-66-63-60-56-53-47-44-41-38-35-32-29-26-23-20-17-14-11-8-5-2/h7-12,16-21,25-30,34-39,43-48,56,58,60-61,104-106,110-111H,4-6,13-15,22-24,31-33,40-42,49-55,57,59,62-103H2,1-3H3,(H,115,116)(H,117,118)/b10-7-,11-8-,12-9-,19-16-,20-17-,21-18-,28-25-,29-26-,30-27-,37-34-,38-35-,39-36-,46-43-,47-44-,48-45-,60-56-,61-58-. The molecule has 0 aromatic rings. The Hall–Kier alpha value is -5.87. The van der Waals surface area contributed by atoms with Crippen molar-refractivity contribution in [1.29, 1.82) is 0 Å². The van der Waals surface area contributed by atoms with Crippen LogP contribution in [0.25, 0.3) is 0 Å². The number of rotatable bonds is 94. The maximum absolute atomic E-state index is 13.1. The van der Waals surface area contributed by atoms with Gasteiger partial charge in [0.25, 0.3) is 0 Å². The highest BCUT2D eigenvalue weighted by molar-refractivity contribution is 7.47. The molecule has 724 valence electrons. The Morgan fingerprint density at radius 3 is 0.622 bits per heavy atom. The number of phosphoric acid groups is 2. The number of unbranched alkanes of at least 4 members (excludes halogenated alkanes) is 37. The largest absolute Gasteiger partial charge is 0.472 e. The zero-order chi connectivity index (χ0) is 92.1. The average molecular weight is 1810 g/mol. The first-order chi connectivity index (χ1) is 62.2. The van der Waals surface area contributed by atoms with Gasteiger partial charge in [-0.2, -0.15) is 0 Å². The topological polar surface area (TPSA) is 231 Å². The molecule has 0 aliphatic heterocycles. The van der Waals surface area contributed by atoms with Crippen LogP contribution in [0.3, 0.4) is 0 Å². The van der Waals surface area contributed by atoms with Crippen LogP contribution < -0.4 is 0 Å². The fourth-order valence-electron chi connectivity index (χ4n) is 13.5. The summed E-state index contributed by atoms with van der Waals surface area (Å²) in [5, 5.41) is 20.8. The summed E-state index contributed by atoms with van der Waals surface area (Å²) in [7, 11) is -9.83. The summed E-state index contributed by atoms with van der Waals surface area (Å²) >= 11 is 0. The smallest absolute Gasteiger partial charge is 0.463 e. The maximum atomic E-state index is 13.1. The number of hydrogen-bond acceptors (Lipinski definition) is 14. The molecule has 0 heterocycles. The van der Waals surface area contributed by atoms with Gasteiger partial charge in [-0.3, -0.25) is 32.5 Å². The highest BCUT2D eigenvalue weighted by Crippen LogP contribution is 2.45. The minimum absolute atomic E-state index is 0.0912. The summed E-state index contributed by atoms with van der Waals surface area (Å²) in [5.41, 5.74) is 0. The van der Waals surface area contributed by atoms with Crippen LogP contribution in [0.1, 0.15) is 406 Å². The molecule has 0 fully saturated rings. The van der Waals surface area contributed by atoms with Gasteiger partial charge in [-0.05, 0) is 167 Å². The van der Waals surface area contributed by atoms with E-state index in [2.05, 4.69) is 227 Å². The van der Waals surface area contributed by atoms with E-state index in [0.29, 0.717) is 19.3 Å². The van der Waals surface area contributed by atoms with Crippen LogP contribution in [0.2, 0.25) is 0 Å². The Morgan fingerprint density at radius 1 is 0.220 bits per heavy atom. The van der Waals surface area contributed by atoms with E-state index >= 15 is 0 Å². The van der Waals surface area contributed by atoms with Crippen molar-refractivity contribution >= 4 is 33.6 Å². The fourth-order valence-corrected chi connectivity index (χ4v) is 15.1. The van der Waals surface area contributed by atoms with Gasteiger partial charge in [0.1, 0.15) is 25.4 Å². The van der Waals surface area contributed by atoms with Gasteiger partial charge < -0.3 is 34.2 Å². The van der Waals surface area contributed by atoms with Crippen LogP contribution in [0.15, 0.2) is 207 Å². The Bertz CT molecular complexity index is 3140. The quantitative estimate of drug-likeness (QED) is 0.0146. The first-order valence-electron chi connectivity index (χ1n) is 50.4. The SMILES string of the molecule is CC/C=C\C/C=C\C/C=C\C/C=C\C/C=C\C/C=C\CCCCCCCCCCCCC(=O)OCC(COP(=O)(O)OCC(O)COP(=O)(O)OCC(O)COC(=O)CCCCCCCCCCCCCCCCCCC/C=C\C/C=C\C/C=C\C/C=C\C/C=C\CC)OC(=O)CCCCCCCCCCCC/C=C\C/C=C\C/C=C\C/C=C\C/C=C\C/C=C\CC. The minimum Gasteiger partial charge on any atom is -0.463 e. The maximum Gasteiger partial charge on any atom is 0.472 e. The number of hydrogen-bond donors (Lipinski definition) is 4. The van der Waals surface area contributed by atoms with Gasteiger partial charge in [0.05, 0.1) is 26.4 Å². The minimum atomic E-state index is -4.95. The molecule has 0 radical (unpaired) electrons. The van der Waals surface area contributed by atoms with Gasteiger partial charge in [0.2, 0.25) is 0 Å². The highest BCUT2D eigenvalue weighted by Gasteiger charge is 2.30. The van der Waals surface area contributed by atoms with E-state index in [1.54, 1.807) is 0 Å². The zero-order valence-electron chi connectivity index (χ0n) is 80.1. The lowest BCUT2D eigenvalue weighted by molar-refractivity contribution is -0.161. The van der Waals surface area contributed by atoms with Gasteiger partial charge in [-0.15, -0.1) is 0 Å². The molecule has 5 unspecified atom stereocenters. The van der Waals surface area contributed by atoms with E-state index in [4.69, 9.17) is 32.3 Å². The summed E-state index contributed by atoms with van der Waals surface area (Å²) in [4.78, 5) is 59.2. The summed E-state index contributed by atoms with van der Waals surface area (Å²) < 4.78 is 61.7. The van der Waals surface area contributed by atoms with Crippen molar-refractivity contribution in [1.82, 2.24) is 0 Å². The summed E-state index contributed by atoms with van der Waals surface area (Å²) in [5.74, 6) is -1.58. The van der Waals surface area contributed by atoms with Gasteiger partial charge in [-0.1, -0.05) is 426 Å². The van der Waals surface area contributed by atoms with E-state index in [1.165, 1.54) is 154 Å². The Balaban J connectivity index is 4.64. The molecule has 0 spiro atoms. The number of carbonyl (C=O) groups excluding carboxylic acids is 3. The summed E-state index contributed by atoms with van der Waals surface area (Å²) in [6, 6.07) is 0. The Kier molecular flexibility index (Phi) is 94.6. The number of ether oxygens (including phenoxy) is 3. The first-order valence-corrected chi connectivity index (χ1v) is 53.4. The number of esters is 3. The Morgan fingerprint density at radius 2 is 0.394 bits per heavy atom. The molecule has 0 aliphatic rings. The van der Waals surface area contributed by atoms with Crippen molar-refractivity contribution in [3.05, 3.63) is 207 Å². The number of aliphatic hydroxyl groups excluding tert-OH is 2. The number of carbonyl (C=O) groups is 3. The van der Waals surface area contributed by atoms with Crippen LogP contribution in [0.4, 0.5) is 0 Å². The molecule has 127 heavy (non-hydrogen) atoms. The molecule has 0 saturated carbocycles. The first kappa shape index (κ1) is 121. The van der Waals surface area contributed by atoms with Crippen LogP contribution >= 0.6 is 15.6 Å². The van der Waals surface area contributed by atoms with Crippen molar-refractivity contribution in [2.45, 2.75) is 424 Å². The molecule has 0 aromatic carbocycles. The van der Waals surface area contributed by atoms with E-state index in [-0.39, 0.29) is 19.3 Å². The van der Waals surface area contributed by atoms with Gasteiger partial charge in [0, 0.05) is 19.3 Å². The molecular weight excluding hydrogens is 1630 g/mol. The van der Waals surface area contributed by atoms with Crippen molar-refractivity contribution in [2.24, 2.45) is 0 Å². The third kappa shape index (κ3) is 101. The third-order valence-corrected chi connectivity index (χ3v) is 22.9. The van der Waals surface area contributed by atoms with Crippen LogP contribution in [0, 0.1) is 0 Å². The molecule has 0 saturated heterocycles. The van der Waals surface area contributed by atoms with Gasteiger partial charge >= 0.3 is 33.6 Å². The average Bonchev–Trinajstić information content (AvgIpc) is 0.899. The predicted octanol–water partition coefficient (Wildman–Crippen LogP) is 31.9. The van der Waals surface area contributed by atoms with Crippen LogP contribution in [0.5, 0.6) is 0 Å². The lowest BCUT2D eigenvalue weighted by Gasteiger charge is -2.21. The second kappa shape index (κ2) is 99.1. The molecule has 16 nitrogen and oxygen atoms in total. The molecular formula is C109H182O16P2. The van der Waals surface area contributed by atoms with E-state index in [1.807, 2.05) is 0 Å². The van der Waals surface area contributed by atoms with Crippen molar-refractivity contribution in [3.63, 3.8) is 0 Å². The molecule has 0 aromatic heterocycles. The van der Waals surface area contributed by atoms with E-state index in [9.17, 15) is 43.5 Å². The molecule has 0 amide bonds. The molecule has 4 N–H and O–H groups in total. The summed E-state index contributed by atoms with van der Waals surface area (Å²) in [6.45, 7) is 2.38. The molecule has 0 bridgehead atoms. The second-order valence-electron chi connectivity index (χ2n) is 33.1. The highest BCUT2D eigenvalue weighted by atomic mass is 31.2. The van der Waals surface area contributed by atoms with Crippen molar-refractivity contribution in [2.75, 3.05) is 39.6 Å². The lowest BCUT2D eigenvalue weighted by Crippen LogP contribution is -2.30. The number of aliphatic hydroxyl groups is 2. The van der Waals surface area contributed by atoms with Crippen molar-refractivity contribution in [3.8, 4) is 0 Å². The van der Waals surface area contributed by atoms with E-state index in [0.717, 1.165) is 193 Å². The Labute approximate surface area is 775 Å². The molecule has 0 aliphatic carbocycles. The predicted molar refractivity (Wildman–Crippen MR) is 537 cm³/mol. The van der Waals surface area contributed by atoms with Gasteiger partial charge in [-0.25, -0.2) is 9.13 Å². The van der Waals surface area contributed by atoms with Gasteiger partial charge in [0.15, 0.2) is 6.10 Å². The molecule has 5 atom stereocenters. The monoisotopic (exact) mass is 1810 g/mol. The molecule has 0 rings (SSSR count). The molecule has 18 heteroatoms. The number of allylic oxidation sites excluding steroid dienone is 34.